The highest BCUT2D eigenvalue weighted by molar-refractivity contribution is 7.99. The molecular weight excluding hydrogens is 280 g/mol. The van der Waals surface area contributed by atoms with Crippen LogP contribution in [0.25, 0.3) is 0 Å². The summed E-state index contributed by atoms with van der Waals surface area (Å²) in [7, 11) is 0. The molecule has 2 aromatic rings. The number of nitrogens with zero attached hydrogens (tertiary/aromatic N) is 1. The second-order valence-electron chi connectivity index (χ2n) is 5.53. The van der Waals surface area contributed by atoms with Crippen LogP contribution in [-0.4, -0.2) is 18.2 Å². The van der Waals surface area contributed by atoms with Crippen molar-refractivity contribution in [3.05, 3.63) is 53.6 Å². The number of nitrogen functional groups attached to an aromatic ring is 1. The van der Waals surface area contributed by atoms with Crippen molar-refractivity contribution in [2.24, 2.45) is 0 Å². The van der Waals surface area contributed by atoms with Gasteiger partial charge in [-0.1, -0.05) is 18.2 Å². The Kier molecular flexibility index (Phi) is 2.93. The summed E-state index contributed by atoms with van der Waals surface area (Å²) in [5.74, 6) is 1.05. The largest absolute Gasteiger partial charge is 0.399 e. The van der Waals surface area contributed by atoms with Gasteiger partial charge in [0.25, 0.3) is 0 Å². The summed E-state index contributed by atoms with van der Waals surface area (Å²) < 4.78 is 0. The monoisotopic (exact) mass is 296 g/mol. The molecule has 2 aliphatic heterocycles. The number of fused-ring (bicyclic) bond motifs is 2. The minimum absolute atomic E-state index is 0.0188. The predicted molar refractivity (Wildman–Crippen MR) is 86.8 cm³/mol. The third kappa shape index (κ3) is 2.02. The Hall–Kier alpha value is -1.94. The number of benzene rings is 2. The minimum Gasteiger partial charge on any atom is -0.399 e. The average molecular weight is 296 g/mol. The lowest BCUT2D eigenvalue weighted by Crippen LogP contribution is -2.33. The van der Waals surface area contributed by atoms with E-state index in [-0.39, 0.29) is 11.8 Å². The van der Waals surface area contributed by atoms with Crippen molar-refractivity contribution in [3.8, 4) is 0 Å². The Labute approximate surface area is 128 Å². The molecule has 2 N–H and O–H groups in total. The lowest BCUT2D eigenvalue weighted by atomic mass is 10.00. The van der Waals surface area contributed by atoms with Gasteiger partial charge in [-0.2, -0.15) is 0 Å². The number of nitrogens with two attached hydrogens (primary N) is 1. The standard InChI is InChI=1S/C17H16N2OS/c18-12-5-6-15-11(9-12)7-8-19(15)17(20)14-10-21-16-4-2-1-3-13(14)16/h1-6,9,14H,7-8,10,18H2. The van der Waals surface area contributed by atoms with Crippen LogP contribution in [0.3, 0.4) is 0 Å². The van der Waals surface area contributed by atoms with E-state index in [1.807, 2.05) is 35.2 Å². The van der Waals surface area contributed by atoms with E-state index in [0.717, 1.165) is 30.1 Å². The molecule has 0 spiro atoms. The fourth-order valence-electron chi connectivity index (χ4n) is 3.21. The van der Waals surface area contributed by atoms with Crippen LogP contribution in [-0.2, 0) is 11.2 Å². The lowest BCUT2D eigenvalue weighted by Gasteiger charge is -2.21. The van der Waals surface area contributed by atoms with Crippen LogP contribution < -0.4 is 10.6 Å². The molecule has 0 radical (unpaired) electrons. The fraction of sp³-hybridized carbons (Fsp3) is 0.235. The van der Waals surface area contributed by atoms with Gasteiger partial charge in [0.05, 0.1) is 5.92 Å². The first-order valence-corrected chi connectivity index (χ1v) is 8.14. The summed E-state index contributed by atoms with van der Waals surface area (Å²) >= 11 is 1.78. The molecule has 0 aliphatic carbocycles. The zero-order chi connectivity index (χ0) is 14.4. The molecule has 2 aromatic carbocycles. The smallest absolute Gasteiger partial charge is 0.235 e. The Bertz CT molecular complexity index is 728. The highest BCUT2D eigenvalue weighted by Gasteiger charge is 2.35. The van der Waals surface area contributed by atoms with E-state index in [9.17, 15) is 4.79 Å². The van der Waals surface area contributed by atoms with Crippen molar-refractivity contribution in [2.45, 2.75) is 17.2 Å². The molecule has 106 valence electrons. The second-order valence-corrected chi connectivity index (χ2v) is 6.59. The Morgan fingerprint density at radius 3 is 3.00 bits per heavy atom. The molecule has 21 heavy (non-hydrogen) atoms. The first-order chi connectivity index (χ1) is 10.2. The highest BCUT2D eigenvalue weighted by atomic mass is 32.2. The van der Waals surface area contributed by atoms with E-state index < -0.39 is 0 Å². The van der Waals surface area contributed by atoms with Gasteiger partial charge in [-0.3, -0.25) is 4.79 Å². The molecule has 1 unspecified atom stereocenters. The molecule has 4 rings (SSSR count). The maximum Gasteiger partial charge on any atom is 0.235 e. The molecule has 2 aliphatic rings. The van der Waals surface area contributed by atoms with Crippen LogP contribution in [0.1, 0.15) is 17.0 Å². The molecule has 3 nitrogen and oxygen atoms in total. The van der Waals surface area contributed by atoms with Gasteiger partial charge >= 0.3 is 0 Å². The Morgan fingerprint density at radius 1 is 1.24 bits per heavy atom. The molecule has 4 heteroatoms. The molecule has 2 heterocycles. The second kappa shape index (κ2) is 4.81. The number of carbonyl (C=O) groups excluding carboxylic acids is 1. The summed E-state index contributed by atoms with van der Waals surface area (Å²) in [5.41, 5.74) is 9.99. The number of anilines is 2. The molecule has 0 saturated heterocycles. The Morgan fingerprint density at radius 2 is 2.10 bits per heavy atom. The van der Waals surface area contributed by atoms with E-state index in [2.05, 4.69) is 12.1 Å². The fourth-order valence-corrected chi connectivity index (χ4v) is 4.43. The number of hydrogen-bond donors (Lipinski definition) is 1. The number of rotatable bonds is 1. The van der Waals surface area contributed by atoms with Crippen molar-refractivity contribution in [2.75, 3.05) is 22.9 Å². The number of amides is 1. The Balaban J connectivity index is 1.66. The normalized spacial score (nSPS) is 19.4. The maximum atomic E-state index is 12.9. The summed E-state index contributed by atoms with van der Waals surface area (Å²) in [4.78, 5) is 16.1. The number of carbonyl (C=O) groups is 1. The first-order valence-electron chi connectivity index (χ1n) is 7.15. The van der Waals surface area contributed by atoms with Gasteiger partial charge in [-0.15, -0.1) is 11.8 Å². The number of hydrogen-bond acceptors (Lipinski definition) is 3. The first kappa shape index (κ1) is 12.8. The van der Waals surface area contributed by atoms with Crippen LogP contribution in [0.2, 0.25) is 0 Å². The SMILES string of the molecule is Nc1ccc2c(c1)CCN2C(=O)C1CSc2ccccc21. The summed E-state index contributed by atoms with van der Waals surface area (Å²) in [6.45, 7) is 0.765. The molecule has 0 bridgehead atoms. The van der Waals surface area contributed by atoms with Gasteiger partial charge in [-0.05, 0) is 41.8 Å². The van der Waals surface area contributed by atoms with Gasteiger partial charge in [0.15, 0.2) is 0 Å². The van der Waals surface area contributed by atoms with Crippen LogP contribution in [0, 0.1) is 0 Å². The minimum atomic E-state index is -0.0188. The van der Waals surface area contributed by atoms with Crippen molar-refractivity contribution in [1.29, 1.82) is 0 Å². The maximum absolute atomic E-state index is 12.9. The van der Waals surface area contributed by atoms with E-state index in [4.69, 9.17) is 5.73 Å². The molecule has 1 atom stereocenters. The van der Waals surface area contributed by atoms with Crippen LogP contribution in [0.15, 0.2) is 47.4 Å². The highest BCUT2D eigenvalue weighted by Crippen LogP contribution is 2.42. The van der Waals surface area contributed by atoms with Gasteiger partial charge in [0.1, 0.15) is 0 Å². The molecule has 0 aromatic heterocycles. The van der Waals surface area contributed by atoms with Crippen molar-refractivity contribution < 1.29 is 4.79 Å². The van der Waals surface area contributed by atoms with Gasteiger partial charge in [0, 0.05) is 28.6 Å². The third-order valence-corrected chi connectivity index (χ3v) is 5.45. The lowest BCUT2D eigenvalue weighted by molar-refractivity contribution is -0.119. The summed E-state index contributed by atoms with van der Waals surface area (Å²) in [6, 6.07) is 14.1. The topological polar surface area (TPSA) is 46.3 Å². The zero-order valence-electron chi connectivity index (χ0n) is 11.6. The third-order valence-electron chi connectivity index (χ3n) is 4.26. The molecular formula is C17H16N2OS. The van der Waals surface area contributed by atoms with E-state index in [0.29, 0.717) is 0 Å². The summed E-state index contributed by atoms with van der Waals surface area (Å²) in [5, 5.41) is 0. The van der Waals surface area contributed by atoms with Crippen LogP contribution in [0.5, 0.6) is 0 Å². The number of thioether (sulfide) groups is 1. The van der Waals surface area contributed by atoms with Crippen LogP contribution in [0.4, 0.5) is 11.4 Å². The summed E-state index contributed by atoms with van der Waals surface area (Å²) in [6.07, 6.45) is 0.896. The molecule has 1 amide bonds. The van der Waals surface area contributed by atoms with Gasteiger partial charge < -0.3 is 10.6 Å². The predicted octanol–water partition coefficient (Wildman–Crippen LogP) is 3.05. The molecule has 0 fully saturated rings. The van der Waals surface area contributed by atoms with E-state index in [1.54, 1.807) is 11.8 Å². The van der Waals surface area contributed by atoms with Gasteiger partial charge in [0.2, 0.25) is 5.91 Å². The quantitative estimate of drug-likeness (QED) is 0.823. The average Bonchev–Trinajstić information content (AvgIpc) is 3.10. The van der Waals surface area contributed by atoms with Crippen LogP contribution >= 0.6 is 11.8 Å². The zero-order valence-corrected chi connectivity index (χ0v) is 12.4. The van der Waals surface area contributed by atoms with E-state index >= 15 is 0 Å². The molecule has 0 saturated carbocycles. The van der Waals surface area contributed by atoms with E-state index in [1.165, 1.54) is 16.0 Å². The van der Waals surface area contributed by atoms with Gasteiger partial charge in [-0.25, -0.2) is 0 Å². The van der Waals surface area contributed by atoms with Crippen molar-refractivity contribution >= 4 is 29.0 Å². The van der Waals surface area contributed by atoms with Crippen molar-refractivity contribution in [1.82, 2.24) is 0 Å². The van der Waals surface area contributed by atoms with Crippen molar-refractivity contribution in [3.63, 3.8) is 0 Å².